The maximum Gasteiger partial charge on any atom is 0.326 e. The van der Waals surface area contributed by atoms with Crippen molar-refractivity contribution in [2.24, 2.45) is 0 Å². The number of benzene rings is 2. The molecule has 47 heavy (non-hydrogen) atoms. The largest absolute Gasteiger partial charge is 0.480 e. The molecule has 2 aromatic rings. The molecule has 0 aliphatic heterocycles. The lowest BCUT2D eigenvalue weighted by Crippen LogP contribution is -2.49. The van der Waals surface area contributed by atoms with Crippen molar-refractivity contribution in [2.45, 2.75) is 110 Å². The first-order valence-corrected chi connectivity index (χ1v) is 17.0. The summed E-state index contributed by atoms with van der Waals surface area (Å²) in [5.41, 5.74) is 2.30. The normalized spacial score (nSPS) is 11.3. The van der Waals surface area contributed by atoms with E-state index in [1.807, 2.05) is 69.3 Å². The van der Waals surface area contributed by atoms with Gasteiger partial charge in [-0.3, -0.25) is 19.2 Å². The smallest absolute Gasteiger partial charge is 0.326 e. The van der Waals surface area contributed by atoms with Gasteiger partial charge in [0.2, 0.25) is 17.7 Å². The van der Waals surface area contributed by atoms with Gasteiger partial charge in [0, 0.05) is 25.8 Å². The number of nitrogens with one attached hydrogen (secondary N) is 4. The maximum atomic E-state index is 12.4. The molecule has 10 nitrogen and oxygen atoms in total. The van der Waals surface area contributed by atoms with Crippen molar-refractivity contribution in [1.29, 1.82) is 0 Å². The number of hydrogen-bond donors (Lipinski definition) is 5. The highest BCUT2D eigenvalue weighted by molar-refractivity contribution is 5.89. The number of aliphatic carboxylic acids is 1. The van der Waals surface area contributed by atoms with Crippen LogP contribution in [0.25, 0.3) is 0 Å². The first-order chi connectivity index (χ1) is 22.7. The average Bonchev–Trinajstić information content (AvgIpc) is 3.08. The summed E-state index contributed by atoms with van der Waals surface area (Å²) in [7, 11) is 1.66. The minimum Gasteiger partial charge on any atom is -0.480 e. The second kappa shape index (κ2) is 28.2. The predicted octanol–water partition coefficient (Wildman–Crippen LogP) is 5.13. The van der Waals surface area contributed by atoms with Crippen molar-refractivity contribution in [3.05, 3.63) is 71.8 Å². The van der Waals surface area contributed by atoms with Gasteiger partial charge in [0.15, 0.2) is 0 Å². The number of unbranched alkanes of at least 4 members (excludes halogenated alkanes) is 4. The third-order valence-electron chi connectivity index (χ3n) is 7.19. The number of carboxylic acids is 1. The van der Waals surface area contributed by atoms with Gasteiger partial charge >= 0.3 is 5.97 Å². The van der Waals surface area contributed by atoms with E-state index in [4.69, 9.17) is 0 Å². The van der Waals surface area contributed by atoms with E-state index < -0.39 is 24.0 Å². The van der Waals surface area contributed by atoms with Crippen LogP contribution in [0.15, 0.2) is 60.7 Å². The van der Waals surface area contributed by atoms with E-state index in [0.29, 0.717) is 45.1 Å². The summed E-state index contributed by atoms with van der Waals surface area (Å²) in [4.78, 5) is 59.4. The van der Waals surface area contributed by atoms with E-state index in [9.17, 15) is 29.1 Å². The predicted molar refractivity (Wildman–Crippen MR) is 188 cm³/mol. The van der Waals surface area contributed by atoms with E-state index >= 15 is 0 Å². The minimum atomic E-state index is -1.15. The molecule has 0 aliphatic rings. The topological polar surface area (TPSA) is 154 Å². The molecule has 0 radical (unpaired) electrons. The SMILES string of the molecule is CC.CCC(=O)CCCCCCC(=O)NCCCCC(NC(=O)CNC(=O)C(Cc1ccccc1)NC)C(=O)O.Cc1ccccc1. The van der Waals surface area contributed by atoms with Gasteiger partial charge in [-0.15, -0.1) is 0 Å². The quantitative estimate of drug-likeness (QED) is 0.117. The third-order valence-corrected chi connectivity index (χ3v) is 7.19. The van der Waals surface area contributed by atoms with Gasteiger partial charge in [0.1, 0.15) is 11.8 Å². The molecular weight excluding hydrogens is 596 g/mol. The minimum absolute atomic E-state index is 0.0411. The average molecular weight is 655 g/mol. The van der Waals surface area contributed by atoms with E-state index in [-0.39, 0.29) is 30.6 Å². The number of aryl methyl sites for hydroxylation is 1. The fourth-order valence-corrected chi connectivity index (χ4v) is 4.43. The highest BCUT2D eigenvalue weighted by Crippen LogP contribution is 2.07. The Kier molecular flexibility index (Phi) is 25.8. The molecule has 0 fully saturated rings. The lowest BCUT2D eigenvalue weighted by atomic mass is 10.1. The molecule has 0 saturated carbocycles. The van der Waals surface area contributed by atoms with Gasteiger partial charge in [0.25, 0.3) is 0 Å². The van der Waals surface area contributed by atoms with Crippen LogP contribution in [0.2, 0.25) is 0 Å². The van der Waals surface area contributed by atoms with Crippen molar-refractivity contribution >= 4 is 29.5 Å². The molecule has 262 valence electrons. The number of hydrogen-bond acceptors (Lipinski definition) is 6. The maximum absolute atomic E-state index is 12.4. The van der Waals surface area contributed by atoms with Crippen LogP contribution < -0.4 is 21.3 Å². The molecule has 2 unspecified atom stereocenters. The lowest BCUT2D eigenvalue weighted by Gasteiger charge is -2.18. The first kappa shape index (κ1) is 43.0. The van der Waals surface area contributed by atoms with Gasteiger partial charge in [-0.2, -0.15) is 0 Å². The van der Waals surface area contributed by atoms with Crippen molar-refractivity contribution in [3.63, 3.8) is 0 Å². The molecule has 2 rings (SSSR count). The molecule has 0 aliphatic carbocycles. The highest BCUT2D eigenvalue weighted by Gasteiger charge is 2.21. The summed E-state index contributed by atoms with van der Waals surface area (Å²) in [5, 5.41) is 20.2. The summed E-state index contributed by atoms with van der Waals surface area (Å²) in [6.07, 6.45) is 6.88. The zero-order valence-electron chi connectivity index (χ0n) is 29.1. The molecule has 0 bridgehead atoms. The van der Waals surface area contributed by atoms with Crippen molar-refractivity contribution in [3.8, 4) is 0 Å². The van der Waals surface area contributed by atoms with E-state index in [2.05, 4.69) is 40.3 Å². The number of carbonyl (C=O) groups excluding carboxylic acids is 4. The summed E-state index contributed by atoms with van der Waals surface area (Å²) in [6.45, 7) is 8.06. The van der Waals surface area contributed by atoms with Crippen molar-refractivity contribution in [2.75, 3.05) is 20.1 Å². The van der Waals surface area contributed by atoms with Crippen LogP contribution in [-0.4, -0.2) is 66.8 Å². The highest BCUT2D eigenvalue weighted by atomic mass is 16.4. The van der Waals surface area contributed by atoms with Crippen LogP contribution in [0.1, 0.15) is 96.1 Å². The van der Waals surface area contributed by atoms with Crippen LogP contribution in [-0.2, 0) is 30.4 Å². The van der Waals surface area contributed by atoms with E-state index in [1.165, 1.54) is 5.56 Å². The van der Waals surface area contributed by atoms with Crippen LogP contribution in [0.3, 0.4) is 0 Å². The Balaban J connectivity index is 0.00000203. The summed E-state index contributed by atoms with van der Waals surface area (Å²) in [6, 6.07) is 18.2. The fraction of sp³-hybridized carbons (Fsp3) is 0.541. The molecule has 0 saturated heterocycles. The monoisotopic (exact) mass is 654 g/mol. The second-order valence-corrected chi connectivity index (χ2v) is 11.0. The number of ketones is 1. The standard InChI is InChI=1S/C28H44N4O6.C7H8.C2H6/c1-3-22(33)15-9-4-5-10-17-25(34)30-18-12-11-16-23(28(37)38)32-26(35)20-31-27(36)24(29-2)19-21-13-7-6-8-14-21;1-7-5-3-2-4-6-7;1-2/h6-8,13-14,23-24,29H,3-5,9-12,15-20H2,1-2H3,(H,30,34)(H,31,36)(H,32,35)(H,37,38);2-6H,1H3;1-2H3. The molecule has 3 amide bonds. The van der Waals surface area contributed by atoms with Crippen LogP contribution in [0, 0.1) is 6.92 Å². The number of Topliss-reactive ketones (excluding diaryl/α,β-unsaturated/α-hetero) is 1. The number of likely N-dealkylation sites (N-methyl/N-ethyl adjacent to an activating group) is 1. The summed E-state index contributed by atoms with van der Waals surface area (Å²) in [5.74, 6) is -1.84. The zero-order chi connectivity index (χ0) is 35.3. The van der Waals surface area contributed by atoms with Crippen molar-refractivity contribution in [1.82, 2.24) is 21.3 Å². The van der Waals surface area contributed by atoms with E-state index in [1.54, 1.807) is 7.05 Å². The third kappa shape index (κ3) is 23.0. The Morgan fingerprint density at radius 2 is 1.32 bits per heavy atom. The first-order valence-electron chi connectivity index (χ1n) is 17.0. The lowest BCUT2D eigenvalue weighted by molar-refractivity contribution is -0.142. The molecule has 5 N–H and O–H groups in total. The molecule has 2 atom stereocenters. The number of carbonyl (C=O) groups is 5. The second-order valence-electron chi connectivity index (χ2n) is 11.0. The molecule has 0 heterocycles. The number of rotatable bonds is 21. The number of amides is 3. The molecule has 0 spiro atoms. The molecule has 10 heteroatoms. The van der Waals surface area contributed by atoms with Crippen LogP contribution >= 0.6 is 0 Å². The van der Waals surface area contributed by atoms with Gasteiger partial charge in [-0.1, -0.05) is 99.8 Å². The Morgan fingerprint density at radius 3 is 1.85 bits per heavy atom. The van der Waals surface area contributed by atoms with Crippen molar-refractivity contribution < 1.29 is 29.1 Å². The fourth-order valence-electron chi connectivity index (χ4n) is 4.43. The molecular formula is C37H58N4O6. The molecule has 0 aromatic heterocycles. The van der Waals surface area contributed by atoms with Crippen LogP contribution in [0.4, 0.5) is 0 Å². The van der Waals surface area contributed by atoms with Gasteiger partial charge in [-0.05, 0) is 58.1 Å². The van der Waals surface area contributed by atoms with E-state index in [0.717, 1.165) is 31.2 Å². The Morgan fingerprint density at radius 1 is 0.723 bits per heavy atom. The Hall–Kier alpha value is -4.05. The van der Waals surface area contributed by atoms with Gasteiger partial charge < -0.3 is 26.4 Å². The molecule has 2 aromatic carbocycles. The van der Waals surface area contributed by atoms with Crippen LogP contribution in [0.5, 0.6) is 0 Å². The van der Waals surface area contributed by atoms with Gasteiger partial charge in [-0.25, -0.2) is 4.79 Å². The van der Waals surface area contributed by atoms with Gasteiger partial charge in [0.05, 0.1) is 12.6 Å². The zero-order valence-corrected chi connectivity index (χ0v) is 29.1. The summed E-state index contributed by atoms with van der Waals surface area (Å²) < 4.78 is 0. The summed E-state index contributed by atoms with van der Waals surface area (Å²) >= 11 is 0. The Labute approximate surface area is 281 Å². The Bertz CT molecular complexity index is 1140. The number of carboxylic acid groups (broad SMARTS) is 1.